The summed E-state index contributed by atoms with van der Waals surface area (Å²) in [5.41, 5.74) is 1.05. The largest absolute Gasteiger partial charge is 0.360 e. The lowest BCUT2D eigenvalue weighted by Gasteiger charge is -2.16. The van der Waals surface area contributed by atoms with Gasteiger partial charge in [0.2, 0.25) is 0 Å². The molecule has 0 saturated heterocycles. The van der Waals surface area contributed by atoms with Crippen LogP contribution in [0.2, 0.25) is 0 Å². The number of thioether (sulfide) groups is 1. The van der Waals surface area contributed by atoms with Gasteiger partial charge in [0.15, 0.2) is 5.11 Å². The van der Waals surface area contributed by atoms with Crippen molar-refractivity contribution in [3.63, 3.8) is 0 Å². The first-order chi connectivity index (χ1) is 8.28. The number of para-hydroxylation sites is 1. The SMILES string of the molecule is CSC1CCC(NC(=S)Nc2ccccc2)C1. The fraction of sp³-hybridized carbons (Fsp3) is 0.462. The minimum absolute atomic E-state index is 0.538. The quantitative estimate of drug-likeness (QED) is 0.820. The van der Waals surface area contributed by atoms with Gasteiger partial charge in [-0.15, -0.1) is 0 Å². The van der Waals surface area contributed by atoms with Gasteiger partial charge in [-0.1, -0.05) is 18.2 Å². The van der Waals surface area contributed by atoms with Crippen LogP contribution in [0.4, 0.5) is 5.69 Å². The lowest BCUT2D eigenvalue weighted by atomic mass is 10.2. The third-order valence-electron chi connectivity index (χ3n) is 3.08. The second-order valence-corrected chi connectivity index (χ2v) is 5.88. The fourth-order valence-electron chi connectivity index (χ4n) is 2.16. The van der Waals surface area contributed by atoms with Gasteiger partial charge in [-0.3, -0.25) is 0 Å². The third-order valence-corrected chi connectivity index (χ3v) is 4.40. The first kappa shape index (κ1) is 12.7. The molecule has 0 aliphatic heterocycles. The van der Waals surface area contributed by atoms with E-state index in [9.17, 15) is 0 Å². The average Bonchev–Trinajstić information content (AvgIpc) is 2.78. The van der Waals surface area contributed by atoms with Gasteiger partial charge in [-0.2, -0.15) is 11.8 Å². The standard InChI is InChI=1S/C13H18N2S2/c1-17-12-8-7-11(9-12)15-13(16)14-10-5-3-2-4-6-10/h2-6,11-12H,7-9H2,1H3,(H2,14,15,16). The van der Waals surface area contributed by atoms with E-state index in [1.807, 2.05) is 42.1 Å². The Morgan fingerprint density at radius 3 is 2.71 bits per heavy atom. The van der Waals surface area contributed by atoms with Gasteiger partial charge in [0.1, 0.15) is 0 Å². The summed E-state index contributed by atoms with van der Waals surface area (Å²) in [5.74, 6) is 0. The first-order valence-corrected chi connectivity index (χ1v) is 7.63. The summed E-state index contributed by atoms with van der Waals surface area (Å²) >= 11 is 7.28. The van der Waals surface area contributed by atoms with Crippen LogP contribution in [0, 0.1) is 0 Å². The van der Waals surface area contributed by atoms with Gasteiger partial charge in [-0.25, -0.2) is 0 Å². The van der Waals surface area contributed by atoms with Crippen molar-refractivity contribution >= 4 is 34.8 Å². The van der Waals surface area contributed by atoms with E-state index in [4.69, 9.17) is 12.2 Å². The molecule has 1 fully saturated rings. The molecule has 1 aliphatic carbocycles. The van der Waals surface area contributed by atoms with Crippen LogP contribution in [0.25, 0.3) is 0 Å². The predicted octanol–water partition coefficient (Wildman–Crippen LogP) is 3.26. The summed E-state index contributed by atoms with van der Waals surface area (Å²) in [6.07, 6.45) is 5.93. The lowest BCUT2D eigenvalue weighted by molar-refractivity contribution is 0.636. The number of hydrogen-bond donors (Lipinski definition) is 2. The van der Waals surface area contributed by atoms with Crippen molar-refractivity contribution < 1.29 is 0 Å². The molecule has 0 bridgehead atoms. The van der Waals surface area contributed by atoms with Crippen molar-refractivity contribution in [3.05, 3.63) is 30.3 Å². The molecular weight excluding hydrogens is 248 g/mol. The van der Waals surface area contributed by atoms with Crippen molar-refractivity contribution in [2.45, 2.75) is 30.6 Å². The molecule has 2 atom stereocenters. The van der Waals surface area contributed by atoms with Gasteiger partial charge in [-0.05, 0) is 49.9 Å². The summed E-state index contributed by atoms with van der Waals surface area (Å²) < 4.78 is 0. The molecule has 2 unspecified atom stereocenters. The molecule has 0 heterocycles. The summed E-state index contributed by atoms with van der Waals surface area (Å²) in [6, 6.07) is 10.6. The Morgan fingerprint density at radius 1 is 1.29 bits per heavy atom. The highest BCUT2D eigenvalue weighted by Gasteiger charge is 2.24. The zero-order valence-corrected chi connectivity index (χ0v) is 11.6. The van der Waals surface area contributed by atoms with Crippen molar-refractivity contribution in [2.24, 2.45) is 0 Å². The van der Waals surface area contributed by atoms with Crippen molar-refractivity contribution in [1.82, 2.24) is 5.32 Å². The summed E-state index contributed by atoms with van der Waals surface area (Å²) in [6.45, 7) is 0. The molecule has 1 aromatic rings. The minimum Gasteiger partial charge on any atom is -0.360 e. The molecule has 17 heavy (non-hydrogen) atoms. The number of thiocarbonyl (C=S) groups is 1. The van der Waals surface area contributed by atoms with E-state index < -0.39 is 0 Å². The van der Waals surface area contributed by atoms with Crippen molar-refractivity contribution in [2.75, 3.05) is 11.6 Å². The Morgan fingerprint density at radius 2 is 2.06 bits per heavy atom. The van der Waals surface area contributed by atoms with Gasteiger partial charge in [0, 0.05) is 17.0 Å². The lowest BCUT2D eigenvalue weighted by Crippen LogP contribution is -2.36. The number of benzene rings is 1. The third kappa shape index (κ3) is 3.89. The van der Waals surface area contributed by atoms with E-state index in [2.05, 4.69) is 16.9 Å². The molecule has 1 aromatic carbocycles. The van der Waals surface area contributed by atoms with E-state index in [-0.39, 0.29) is 0 Å². The smallest absolute Gasteiger partial charge is 0.170 e. The van der Waals surface area contributed by atoms with E-state index in [1.54, 1.807) is 0 Å². The number of anilines is 1. The van der Waals surface area contributed by atoms with Crippen LogP contribution in [0.15, 0.2) is 30.3 Å². The zero-order chi connectivity index (χ0) is 12.1. The minimum atomic E-state index is 0.538. The van der Waals surface area contributed by atoms with Crippen LogP contribution in [0.1, 0.15) is 19.3 Å². The molecule has 0 spiro atoms. The average molecular weight is 266 g/mol. The maximum Gasteiger partial charge on any atom is 0.170 e. The van der Waals surface area contributed by atoms with Crippen LogP contribution >= 0.6 is 24.0 Å². The maximum atomic E-state index is 5.32. The fourth-order valence-corrected chi connectivity index (χ4v) is 3.24. The first-order valence-electron chi connectivity index (χ1n) is 5.93. The normalized spacial score (nSPS) is 23.4. The summed E-state index contributed by atoms with van der Waals surface area (Å²) in [5, 5.41) is 8.15. The predicted molar refractivity (Wildman–Crippen MR) is 80.7 cm³/mol. The Kier molecular flexibility index (Phi) is 4.68. The van der Waals surface area contributed by atoms with Gasteiger partial charge >= 0.3 is 0 Å². The highest BCUT2D eigenvalue weighted by molar-refractivity contribution is 7.99. The molecule has 92 valence electrons. The Labute approximate surface area is 113 Å². The van der Waals surface area contributed by atoms with Gasteiger partial charge < -0.3 is 10.6 Å². The summed E-state index contributed by atoms with van der Waals surface area (Å²) in [4.78, 5) is 0. The van der Waals surface area contributed by atoms with E-state index in [0.717, 1.165) is 16.0 Å². The molecule has 2 nitrogen and oxygen atoms in total. The summed E-state index contributed by atoms with van der Waals surface area (Å²) in [7, 11) is 0. The molecule has 2 rings (SSSR count). The van der Waals surface area contributed by atoms with Crippen LogP contribution in [0.5, 0.6) is 0 Å². The zero-order valence-electron chi connectivity index (χ0n) is 9.98. The van der Waals surface area contributed by atoms with Crippen molar-refractivity contribution in [3.8, 4) is 0 Å². The Balaban J connectivity index is 1.78. The van der Waals surface area contributed by atoms with Crippen LogP contribution in [0.3, 0.4) is 0 Å². The molecule has 4 heteroatoms. The molecule has 1 saturated carbocycles. The second kappa shape index (κ2) is 6.26. The molecule has 0 aromatic heterocycles. The van der Waals surface area contributed by atoms with Gasteiger partial charge in [0.25, 0.3) is 0 Å². The maximum absolute atomic E-state index is 5.32. The number of nitrogens with one attached hydrogen (secondary N) is 2. The molecule has 0 radical (unpaired) electrons. The molecular formula is C13H18N2S2. The highest BCUT2D eigenvalue weighted by Crippen LogP contribution is 2.28. The van der Waals surface area contributed by atoms with Crippen LogP contribution in [-0.2, 0) is 0 Å². The monoisotopic (exact) mass is 266 g/mol. The highest BCUT2D eigenvalue weighted by atomic mass is 32.2. The topological polar surface area (TPSA) is 24.1 Å². The molecule has 0 amide bonds. The van der Waals surface area contributed by atoms with E-state index >= 15 is 0 Å². The van der Waals surface area contributed by atoms with Crippen LogP contribution in [-0.4, -0.2) is 22.7 Å². The number of rotatable bonds is 3. The molecule has 2 N–H and O–H groups in total. The number of hydrogen-bond acceptors (Lipinski definition) is 2. The van der Waals surface area contributed by atoms with Crippen LogP contribution < -0.4 is 10.6 Å². The van der Waals surface area contributed by atoms with E-state index in [1.165, 1.54) is 19.3 Å². The second-order valence-electron chi connectivity index (χ2n) is 4.33. The van der Waals surface area contributed by atoms with Crippen molar-refractivity contribution in [1.29, 1.82) is 0 Å². The van der Waals surface area contributed by atoms with Gasteiger partial charge in [0.05, 0.1) is 0 Å². The van der Waals surface area contributed by atoms with E-state index in [0.29, 0.717) is 6.04 Å². The Bertz CT molecular complexity index is 367. The molecule has 1 aliphatic rings. The Hall–Kier alpha value is -0.740.